The summed E-state index contributed by atoms with van der Waals surface area (Å²) in [6.45, 7) is 0.338. The molecule has 0 unspecified atom stereocenters. The SMILES string of the molecule is COC(=O)c1nc(Cn2nc(-c3ccc(Cl)cc3)n(C[C@H](O)C(F)(F)F)c2=O)nn1-c1ccccc1C. The molecule has 0 amide bonds. The summed E-state index contributed by atoms with van der Waals surface area (Å²) in [5.41, 5.74) is 0.662. The number of aliphatic hydroxyl groups excluding tert-OH is 1. The fourth-order valence-electron chi connectivity index (χ4n) is 3.55. The van der Waals surface area contributed by atoms with Gasteiger partial charge < -0.3 is 9.84 Å². The summed E-state index contributed by atoms with van der Waals surface area (Å²) >= 11 is 5.90. The molecule has 10 nitrogen and oxygen atoms in total. The van der Waals surface area contributed by atoms with Crippen LogP contribution in [0.4, 0.5) is 13.2 Å². The zero-order valence-corrected chi connectivity index (χ0v) is 20.2. The van der Waals surface area contributed by atoms with E-state index >= 15 is 0 Å². The zero-order chi connectivity index (χ0) is 26.9. The fraction of sp³-hybridized carbons (Fsp3) is 0.261. The van der Waals surface area contributed by atoms with Gasteiger partial charge >= 0.3 is 17.8 Å². The van der Waals surface area contributed by atoms with Gasteiger partial charge in [-0.3, -0.25) is 4.57 Å². The number of ether oxygens (including phenoxy) is 1. The monoisotopic (exact) mass is 536 g/mol. The Labute approximate surface area is 212 Å². The van der Waals surface area contributed by atoms with E-state index in [1.807, 2.05) is 0 Å². The van der Waals surface area contributed by atoms with Crippen LogP contribution in [-0.4, -0.2) is 59.6 Å². The Hall–Kier alpha value is -3.97. The van der Waals surface area contributed by atoms with Gasteiger partial charge in [0.05, 0.1) is 19.3 Å². The van der Waals surface area contributed by atoms with E-state index in [1.54, 1.807) is 31.2 Å². The van der Waals surface area contributed by atoms with Gasteiger partial charge in [0.15, 0.2) is 17.8 Å². The molecule has 4 aromatic rings. The molecule has 0 aliphatic rings. The first-order valence-electron chi connectivity index (χ1n) is 10.8. The van der Waals surface area contributed by atoms with Crippen LogP contribution in [0, 0.1) is 6.92 Å². The number of methoxy groups -OCH3 is 1. The van der Waals surface area contributed by atoms with Gasteiger partial charge in [-0.2, -0.15) is 13.2 Å². The van der Waals surface area contributed by atoms with Crippen LogP contribution in [0.2, 0.25) is 5.02 Å². The molecule has 0 radical (unpaired) electrons. The van der Waals surface area contributed by atoms with Crippen LogP contribution in [0.15, 0.2) is 53.3 Å². The van der Waals surface area contributed by atoms with Crippen molar-refractivity contribution in [3.8, 4) is 17.1 Å². The molecule has 0 saturated heterocycles. The van der Waals surface area contributed by atoms with Gasteiger partial charge in [-0.05, 0) is 42.8 Å². The maximum atomic E-state index is 13.1. The molecule has 0 bridgehead atoms. The molecule has 0 aliphatic heterocycles. The van der Waals surface area contributed by atoms with Crippen molar-refractivity contribution in [1.29, 1.82) is 0 Å². The molecule has 0 spiro atoms. The summed E-state index contributed by atoms with van der Waals surface area (Å²) in [7, 11) is 1.18. The highest BCUT2D eigenvalue weighted by molar-refractivity contribution is 6.30. The Morgan fingerprint density at radius 3 is 2.43 bits per heavy atom. The molecule has 4 rings (SSSR count). The van der Waals surface area contributed by atoms with E-state index in [9.17, 15) is 27.9 Å². The Morgan fingerprint density at radius 2 is 1.81 bits per heavy atom. The summed E-state index contributed by atoms with van der Waals surface area (Å²) in [6, 6.07) is 13.0. The lowest BCUT2D eigenvalue weighted by atomic mass is 10.2. The van der Waals surface area contributed by atoms with E-state index in [0.717, 1.165) is 10.2 Å². The molecule has 1 atom stereocenters. The Morgan fingerprint density at radius 1 is 1.14 bits per heavy atom. The van der Waals surface area contributed by atoms with Crippen molar-refractivity contribution in [3.63, 3.8) is 0 Å². The van der Waals surface area contributed by atoms with Crippen molar-refractivity contribution in [2.75, 3.05) is 7.11 Å². The third-order valence-electron chi connectivity index (χ3n) is 5.41. The van der Waals surface area contributed by atoms with E-state index in [-0.39, 0.29) is 24.0 Å². The maximum Gasteiger partial charge on any atom is 0.416 e. The van der Waals surface area contributed by atoms with Crippen molar-refractivity contribution in [3.05, 3.63) is 81.3 Å². The largest absolute Gasteiger partial charge is 0.463 e. The molecule has 194 valence electrons. The van der Waals surface area contributed by atoms with Crippen LogP contribution in [0.25, 0.3) is 17.1 Å². The molecule has 0 saturated carbocycles. The second kappa shape index (κ2) is 10.2. The molecule has 37 heavy (non-hydrogen) atoms. The minimum Gasteiger partial charge on any atom is -0.463 e. The van der Waals surface area contributed by atoms with Gasteiger partial charge in [-0.15, -0.1) is 10.2 Å². The van der Waals surface area contributed by atoms with Crippen molar-refractivity contribution in [1.82, 2.24) is 29.1 Å². The van der Waals surface area contributed by atoms with Crippen LogP contribution >= 0.6 is 11.6 Å². The number of halogens is 4. The van der Waals surface area contributed by atoms with Gasteiger partial charge in [-0.25, -0.2) is 23.9 Å². The van der Waals surface area contributed by atoms with E-state index in [1.165, 1.54) is 36.1 Å². The number of carbonyl (C=O) groups excluding carboxylic acids is 1. The van der Waals surface area contributed by atoms with Crippen molar-refractivity contribution < 1.29 is 27.8 Å². The second-order valence-corrected chi connectivity index (χ2v) is 8.42. The average Bonchev–Trinajstić information content (AvgIpc) is 3.40. The number of para-hydroxylation sites is 1. The minimum atomic E-state index is -4.96. The fourth-order valence-corrected chi connectivity index (χ4v) is 3.67. The van der Waals surface area contributed by atoms with Crippen LogP contribution in [-0.2, 0) is 17.8 Å². The Bertz CT molecular complexity index is 1490. The average molecular weight is 537 g/mol. The van der Waals surface area contributed by atoms with Gasteiger partial charge in [0.25, 0.3) is 0 Å². The van der Waals surface area contributed by atoms with Gasteiger partial charge in [-0.1, -0.05) is 29.8 Å². The summed E-state index contributed by atoms with van der Waals surface area (Å²) in [5, 5.41) is 18.5. The molecule has 14 heteroatoms. The Kier molecular flexibility index (Phi) is 7.18. The van der Waals surface area contributed by atoms with Crippen LogP contribution in [0.1, 0.15) is 22.0 Å². The Balaban J connectivity index is 1.79. The summed E-state index contributed by atoms with van der Waals surface area (Å²) in [6.07, 6.45) is -7.76. The minimum absolute atomic E-state index is 0.0190. The molecule has 1 N–H and O–H groups in total. The molecular weight excluding hydrogens is 517 g/mol. The second-order valence-electron chi connectivity index (χ2n) is 7.98. The number of hydrogen-bond acceptors (Lipinski definition) is 7. The van der Waals surface area contributed by atoms with Crippen LogP contribution in [0.5, 0.6) is 0 Å². The van der Waals surface area contributed by atoms with Gasteiger partial charge in [0.2, 0.25) is 5.82 Å². The van der Waals surface area contributed by atoms with Gasteiger partial charge in [0, 0.05) is 10.6 Å². The highest BCUT2D eigenvalue weighted by atomic mass is 35.5. The van der Waals surface area contributed by atoms with Crippen LogP contribution < -0.4 is 5.69 Å². The molecule has 2 aromatic carbocycles. The summed E-state index contributed by atoms with van der Waals surface area (Å²) < 4.78 is 46.9. The smallest absolute Gasteiger partial charge is 0.416 e. The summed E-state index contributed by atoms with van der Waals surface area (Å²) in [4.78, 5) is 29.6. The lowest BCUT2D eigenvalue weighted by molar-refractivity contribution is -0.207. The number of benzene rings is 2. The standard InChI is InChI=1S/C23H20ClF3N6O4/c1-13-5-3-4-6-16(13)33-20(21(35)37-2)28-18(29-33)12-32-22(36)31(11-17(34)23(25,26)27)19(30-32)14-7-9-15(24)10-8-14/h3-10,17,34H,11-12H2,1-2H3/t17-/m0/s1. The first-order valence-corrected chi connectivity index (χ1v) is 11.2. The zero-order valence-electron chi connectivity index (χ0n) is 19.5. The predicted octanol–water partition coefficient (Wildman–Crippen LogP) is 3.01. The number of hydrogen-bond donors (Lipinski definition) is 1. The topological polar surface area (TPSA) is 117 Å². The van der Waals surface area contributed by atoms with E-state index in [0.29, 0.717) is 20.8 Å². The number of rotatable bonds is 7. The number of aryl methyl sites for hydroxylation is 1. The predicted molar refractivity (Wildman–Crippen MR) is 126 cm³/mol. The van der Waals surface area contributed by atoms with Gasteiger partial charge in [0.1, 0.15) is 6.54 Å². The van der Waals surface area contributed by atoms with E-state index in [4.69, 9.17) is 16.3 Å². The quantitative estimate of drug-likeness (QED) is 0.361. The number of nitrogens with zero attached hydrogens (tertiary/aromatic N) is 6. The van der Waals surface area contributed by atoms with Crippen molar-refractivity contribution in [2.24, 2.45) is 0 Å². The molecule has 2 heterocycles. The molecule has 0 aliphatic carbocycles. The highest BCUT2D eigenvalue weighted by Gasteiger charge is 2.39. The number of aliphatic hydroxyl groups is 1. The number of esters is 1. The van der Waals surface area contributed by atoms with Crippen LogP contribution in [0.3, 0.4) is 0 Å². The highest BCUT2D eigenvalue weighted by Crippen LogP contribution is 2.24. The first-order chi connectivity index (χ1) is 17.5. The number of alkyl halides is 3. The summed E-state index contributed by atoms with van der Waals surface area (Å²) in [5.74, 6) is -1.09. The lowest BCUT2D eigenvalue weighted by Gasteiger charge is -2.15. The molecule has 0 fully saturated rings. The van der Waals surface area contributed by atoms with Crippen molar-refractivity contribution in [2.45, 2.75) is 32.3 Å². The van der Waals surface area contributed by atoms with E-state index in [2.05, 4.69) is 15.2 Å². The van der Waals surface area contributed by atoms with E-state index < -0.39 is 30.5 Å². The molecule has 2 aromatic heterocycles. The normalized spacial score (nSPS) is 12.5. The first kappa shape index (κ1) is 26.1. The number of aromatic nitrogens is 6. The third kappa shape index (κ3) is 5.42. The number of carbonyl (C=O) groups is 1. The maximum absolute atomic E-state index is 13.1. The third-order valence-corrected chi connectivity index (χ3v) is 5.66. The van der Waals surface area contributed by atoms with Crippen molar-refractivity contribution >= 4 is 17.6 Å². The lowest BCUT2D eigenvalue weighted by Crippen LogP contribution is -2.37. The molecular formula is C23H20ClF3N6O4.